The highest BCUT2D eigenvalue weighted by Gasteiger charge is 2.29. The number of aliphatic hydroxyl groups excluding tert-OH is 1. The van der Waals surface area contributed by atoms with E-state index in [2.05, 4.69) is 24.8 Å². The van der Waals surface area contributed by atoms with Crippen LogP contribution in [0.5, 0.6) is 5.75 Å². The smallest absolute Gasteiger partial charge is 0.123 e. The fourth-order valence-corrected chi connectivity index (χ4v) is 2.48. The molecule has 0 aliphatic heterocycles. The highest BCUT2D eigenvalue weighted by atomic mass is 16.5. The summed E-state index contributed by atoms with van der Waals surface area (Å²) < 4.78 is 5.44. The van der Waals surface area contributed by atoms with Gasteiger partial charge in [0.1, 0.15) is 5.75 Å². The molecule has 0 aromatic heterocycles. The lowest BCUT2D eigenvalue weighted by Gasteiger charge is -2.34. The van der Waals surface area contributed by atoms with Gasteiger partial charge in [0.05, 0.1) is 7.11 Å². The molecule has 0 fully saturated rings. The molecule has 0 bridgehead atoms. The van der Waals surface area contributed by atoms with Crippen LogP contribution in [0.25, 0.3) is 0 Å². The summed E-state index contributed by atoms with van der Waals surface area (Å²) in [6.07, 6.45) is 0. The van der Waals surface area contributed by atoms with Gasteiger partial charge in [0, 0.05) is 24.1 Å². The van der Waals surface area contributed by atoms with E-state index in [0.717, 1.165) is 11.3 Å². The highest BCUT2D eigenvalue weighted by molar-refractivity contribution is 5.36. The Morgan fingerprint density at radius 3 is 2.28 bits per heavy atom. The summed E-state index contributed by atoms with van der Waals surface area (Å²) in [6, 6.07) is 8.20. The molecule has 0 aliphatic rings. The maximum Gasteiger partial charge on any atom is 0.123 e. The molecule has 3 nitrogen and oxygen atoms in total. The summed E-state index contributed by atoms with van der Waals surface area (Å²) in [5, 5.41) is 9.67. The minimum absolute atomic E-state index is 0.158. The summed E-state index contributed by atoms with van der Waals surface area (Å²) in [5.74, 6) is 1.49. The number of hydrogen-bond donors (Lipinski definition) is 1. The molecule has 0 aliphatic carbocycles. The molecule has 0 spiro atoms. The first-order valence-corrected chi connectivity index (χ1v) is 6.43. The molecule has 0 amide bonds. The molecular weight excluding hydrogens is 226 g/mol. The van der Waals surface area contributed by atoms with Crippen molar-refractivity contribution < 1.29 is 9.84 Å². The number of ether oxygens (including phenoxy) is 1. The number of rotatable bonds is 6. The Morgan fingerprint density at radius 1 is 1.22 bits per heavy atom. The second-order valence-corrected chi connectivity index (χ2v) is 5.24. The minimum Gasteiger partial charge on any atom is -0.496 e. The van der Waals surface area contributed by atoms with Crippen LogP contribution >= 0.6 is 0 Å². The number of hydrogen-bond acceptors (Lipinski definition) is 3. The molecule has 1 N–H and O–H groups in total. The lowest BCUT2D eigenvalue weighted by molar-refractivity contribution is 0.0985. The van der Waals surface area contributed by atoms with Crippen LogP contribution in [0.15, 0.2) is 24.3 Å². The SMILES string of the molecule is COc1ccccc1C(C(CO)C(C)C)N(C)C. The van der Waals surface area contributed by atoms with E-state index in [1.54, 1.807) is 7.11 Å². The molecule has 0 saturated heterocycles. The predicted molar refractivity (Wildman–Crippen MR) is 74.8 cm³/mol. The number of aliphatic hydroxyl groups is 1. The van der Waals surface area contributed by atoms with Gasteiger partial charge in [-0.2, -0.15) is 0 Å². The van der Waals surface area contributed by atoms with Gasteiger partial charge in [0.15, 0.2) is 0 Å². The summed E-state index contributed by atoms with van der Waals surface area (Å²) in [4.78, 5) is 2.15. The van der Waals surface area contributed by atoms with Crippen LogP contribution in [0.4, 0.5) is 0 Å². The average Bonchev–Trinajstić information content (AvgIpc) is 2.34. The third-order valence-corrected chi connectivity index (χ3v) is 3.49. The first-order valence-electron chi connectivity index (χ1n) is 6.43. The first kappa shape index (κ1) is 15.0. The Morgan fingerprint density at radius 2 is 1.83 bits per heavy atom. The van der Waals surface area contributed by atoms with Crippen molar-refractivity contribution in [2.75, 3.05) is 27.8 Å². The molecule has 2 unspecified atom stereocenters. The van der Waals surface area contributed by atoms with Gasteiger partial charge < -0.3 is 14.7 Å². The van der Waals surface area contributed by atoms with E-state index >= 15 is 0 Å². The van der Waals surface area contributed by atoms with Crippen molar-refractivity contribution in [1.29, 1.82) is 0 Å². The zero-order chi connectivity index (χ0) is 13.7. The van der Waals surface area contributed by atoms with Gasteiger partial charge in [0.25, 0.3) is 0 Å². The lowest BCUT2D eigenvalue weighted by atomic mass is 9.84. The number of nitrogens with zero attached hydrogens (tertiary/aromatic N) is 1. The van der Waals surface area contributed by atoms with Crippen LogP contribution in [0.3, 0.4) is 0 Å². The standard InChI is InChI=1S/C15H25NO2/c1-11(2)13(10-17)15(16(3)4)12-8-6-7-9-14(12)18-5/h6-9,11,13,15,17H,10H2,1-5H3. The van der Waals surface area contributed by atoms with Crippen molar-refractivity contribution >= 4 is 0 Å². The van der Waals surface area contributed by atoms with Crippen molar-refractivity contribution in [3.63, 3.8) is 0 Å². The van der Waals surface area contributed by atoms with Crippen molar-refractivity contribution in [3.05, 3.63) is 29.8 Å². The molecule has 2 atom stereocenters. The van der Waals surface area contributed by atoms with Gasteiger partial charge in [0.2, 0.25) is 0 Å². The molecule has 1 aromatic carbocycles. The van der Waals surface area contributed by atoms with Crippen LogP contribution in [0, 0.1) is 11.8 Å². The van der Waals surface area contributed by atoms with Crippen molar-refractivity contribution in [2.45, 2.75) is 19.9 Å². The Labute approximate surface area is 110 Å². The molecule has 102 valence electrons. The Bertz CT molecular complexity index is 363. The average molecular weight is 251 g/mol. The minimum atomic E-state index is 0.158. The maximum absolute atomic E-state index is 9.67. The monoisotopic (exact) mass is 251 g/mol. The first-order chi connectivity index (χ1) is 8.52. The molecule has 18 heavy (non-hydrogen) atoms. The number of methoxy groups -OCH3 is 1. The fraction of sp³-hybridized carbons (Fsp3) is 0.600. The van der Waals surface area contributed by atoms with E-state index in [0.29, 0.717) is 5.92 Å². The van der Waals surface area contributed by atoms with Crippen molar-refractivity contribution in [2.24, 2.45) is 11.8 Å². The third-order valence-electron chi connectivity index (χ3n) is 3.49. The third kappa shape index (κ3) is 3.24. The van der Waals surface area contributed by atoms with Gasteiger partial charge in [-0.1, -0.05) is 32.0 Å². The van der Waals surface area contributed by atoms with E-state index < -0.39 is 0 Å². The van der Waals surface area contributed by atoms with E-state index in [1.165, 1.54) is 0 Å². The number of benzene rings is 1. The molecule has 3 heteroatoms. The molecular formula is C15H25NO2. The van der Waals surface area contributed by atoms with Gasteiger partial charge in [-0.3, -0.25) is 0 Å². The van der Waals surface area contributed by atoms with Gasteiger partial charge in [-0.25, -0.2) is 0 Å². The normalized spacial score (nSPS) is 14.9. The molecule has 0 saturated carbocycles. The quantitative estimate of drug-likeness (QED) is 0.843. The van der Waals surface area contributed by atoms with Gasteiger partial charge >= 0.3 is 0 Å². The molecule has 1 rings (SSSR count). The topological polar surface area (TPSA) is 32.7 Å². The van der Waals surface area contributed by atoms with Gasteiger partial charge in [-0.15, -0.1) is 0 Å². The molecule has 0 radical (unpaired) electrons. The summed E-state index contributed by atoms with van der Waals surface area (Å²) in [6.45, 7) is 4.47. The van der Waals surface area contributed by atoms with Crippen LogP contribution in [0.1, 0.15) is 25.5 Å². The predicted octanol–water partition coefficient (Wildman–Crippen LogP) is 2.56. The lowest BCUT2D eigenvalue weighted by Crippen LogP contribution is -2.33. The summed E-state index contributed by atoms with van der Waals surface area (Å²) in [7, 11) is 5.78. The fourth-order valence-electron chi connectivity index (χ4n) is 2.48. The zero-order valence-corrected chi connectivity index (χ0v) is 12.1. The van der Waals surface area contributed by atoms with Crippen LogP contribution < -0.4 is 4.74 Å². The Kier molecular flexibility index (Phi) is 5.63. The van der Waals surface area contributed by atoms with Crippen LogP contribution in [-0.2, 0) is 0 Å². The largest absolute Gasteiger partial charge is 0.496 e. The maximum atomic E-state index is 9.67. The highest BCUT2D eigenvalue weighted by Crippen LogP contribution is 2.36. The summed E-state index contributed by atoms with van der Waals surface area (Å²) in [5.41, 5.74) is 1.14. The van der Waals surface area contributed by atoms with E-state index in [4.69, 9.17) is 4.74 Å². The second-order valence-electron chi connectivity index (χ2n) is 5.24. The van der Waals surface area contributed by atoms with Crippen molar-refractivity contribution in [1.82, 2.24) is 4.90 Å². The second kappa shape index (κ2) is 6.76. The van der Waals surface area contributed by atoms with E-state index in [-0.39, 0.29) is 18.6 Å². The molecule has 1 aromatic rings. The summed E-state index contributed by atoms with van der Waals surface area (Å²) >= 11 is 0. The Balaban J connectivity index is 3.19. The number of para-hydroxylation sites is 1. The van der Waals surface area contributed by atoms with Crippen LogP contribution in [0.2, 0.25) is 0 Å². The van der Waals surface area contributed by atoms with E-state index in [9.17, 15) is 5.11 Å². The Hall–Kier alpha value is -1.06. The molecule has 0 heterocycles. The van der Waals surface area contributed by atoms with E-state index in [1.807, 2.05) is 32.3 Å². The van der Waals surface area contributed by atoms with Crippen molar-refractivity contribution in [3.8, 4) is 5.75 Å². The zero-order valence-electron chi connectivity index (χ0n) is 12.1. The van der Waals surface area contributed by atoms with Crippen LogP contribution in [-0.4, -0.2) is 37.8 Å². The van der Waals surface area contributed by atoms with Gasteiger partial charge in [-0.05, 0) is 26.1 Å².